The van der Waals surface area contributed by atoms with E-state index in [4.69, 9.17) is 0 Å². The molecular weight excluding hydrogens is 156 g/mol. The Balaban J connectivity index is 2.87. The van der Waals surface area contributed by atoms with Crippen LogP contribution in [-0.2, 0) is 15.3 Å². The van der Waals surface area contributed by atoms with Crippen molar-refractivity contribution in [3.05, 3.63) is 22.1 Å². The SMILES string of the molecule is [CH3][Ti]([CH3])([CH3])([CH3])[C]1=CC=CC1. The van der Waals surface area contributed by atoms with Gasteiger partial charge in [0.2, 0.25) is 0 Å². The van der Waals surface area contributed by atoms with Crippen molar-refractivity contribution in [1.29, 1.82) is 0 Å². The molecule has 0 amide bonds. The van der Waals surface area contributed by atoms with E-state index in [1.54, 1.807) is 3.88 Å². The van der Waals surface area contributed by atoms with E-state index in [2.05, 4.69) is 39.1 Å². The standard InChI is InChI=1S/C5H5.4CH3.Ti/c1-2-4-5-3-1;;;;;/h1-3H,4H2;4*1H3;. The van der Waals surface area contributed by atoms with Crippen LogP contribution in [0.3, 0.4) is 0 Å². The summed E-state index contributed by atoms with van der Waals surface area (Å²) in [6.45, 7) is 0. The van der Waals surface area contributed by atoms with E-state index in [9.17, 15) is 0 Å². The molecule has 0 unspecified atom stereocenters. The first-order valence-electron chi connectivity index (χ1n) is 3.97. The van der Waals surface area contributed by atoms with Gasteiger partial charge in [-0.2, -0.15) is 0 Å². The van der Waals surface area contributed by atoms with Crippen LogP contribution in [0.2, 0.25) is 20.9 Å². The molecule has 1 aliphatic carbocycles. The molecule has 0 aromatic rings. The zero-order valence-electron chi connectivity index (χ0n) is 7.44. The van der Waals surface area contributed by atoms with Crippen LogP contribution in [0, 0.1) is 0 Å². The maximum atomic E-state index is 2.47. The molecule has 0 bridgehead atoms. The van der Waals surface area contributed by atoms with Crippen LogP contribution in [0.15, 0.2) is 22.1 Å². The monoisotopic (exact) mass is 173 g/mol. The number of rotatable bonds is 1. The van der Waals surface area contributed by atoms with Gasteiger partial charge in [-0.3, -0.25) is 0 Å². The van der Waals surface area contributed by atoms with E-state index >= 15 is 0 Å². The van der Waals surface area contributed by atoms with Crippen LogP contribution in [0.5, 0.6) is 0 Å². The van der Waals surface area contributed by atoms with Gasteiger partial charge in [0.15, 0.2) is 0 Å². The van der Waals surface area contributed by atoms with E-state index in [-0.39, 0.29) is 0 Å². The average Bonchev–Trinajstić information content (AvgIpc) is 2.04. The molecular formula is C9H17Ti. The first kappa shape index (κ1) is 8.29. The molecule has 0 N–H and O–H groups in total. The van der Waals surface area contributed by atoms with E-state index in [1.165, 1.54) is 6.42 Å². The van der Waals surface area contributed by atoms with Gasteiger partial charge in [0.25, 0.3) is 0 Å². The third-order valence-electron chi connectivity index (χ3n) is 2.06. The van der Waals surface area contributed by atoms with Crippen molar-refractivity contribution in [3.8, 4) is 0 Å². The summed E-state index contributed by atoms with van der Waals surface area (Å²) in [5.41, 5.74) is 0. The molecule has 0 saturated carbocycles. The molecule has 1 heteroatoms. The molecule has 0 aliphatic heterocycles. The van der Waals surface area contributed by atoms with Gasteiger partial charge in [-0.1, -0.05) is 0 Å². The molecule has 0 aromatic carbocycles. The Morgan fingerprint density at radius 3 is 2.00 bits per heavy atom. The van der Waals surface area contributed by atoms with Gasteiger partial charge in [0.05, 0.1) is 0 Å². The van der Waals surface area contributed by atoms with Gasteiger partial charge in [0.1, 0.15) is 0 Å². The Morgan fingerprint density at radius 1 is 1.20 bits per heavy atom. The minimum atomic E-state index is -2.02. The molecule has 10 heavy (non-hydrogen) atoms. The van der Waals surface area contributed by atoms with E-state index in [0.717, 1.165) is 0 Å². The summed E-state index contributed by atoms with van der Waals surface area (Å²) in [5.74, 6) is 0. The summed E-state index contributed by atoms with van der Waals surface area (Å²) >= 11 is -2.02. The third-order valence-corrected chi connectivity index (χ3v) is 6.65. The Labute approximate surface area is 64.9 Å². The molecule has 0 fully saturated rings. The molecule has 0 radical (unpaired) electrons. The molecule has 0 atom stereocenters. The third kappa shape index (κ3) is 1.84. The molecule has 57 valence electrons. The zero-order chi connectivity index (χ0) is 7.85. The van der Waals surface area contributed by atoms with Gasteiger partial charge in [-0.15, -0.1) is 0 Å². The number of allylic oxidation sites excluding steroid dienone is 4. The summed E-state index contributed by atoms with van der Waals surface area (Å²) in [4.78, 5) is 0. The normalized spacial score (nSPS) is 22.0. The summed E-state index contributed by atoms with van der Waals surface area (Å²) in [5, 5.41) is 9.87. The van der Waals surface area contributed by atoms with Gasteiger partial charge in [-0.05, 0) is 0 Å². The van der Waals surface area contributed by atoms with Crippen molar-refractivity contribution in [3.63, 3.8) is 0 Å². The molecule has 0 spiro atoms. The van der Waals surface area contributed by atoms with Crippen LogP contribution in [0.25, 0.3) is 0 Å². The molecule has 0 saturated heterocycles. The summed E-state index contributed by atoms with van der Waals surface area (Å²) in [6.07, 6.45) is 7.99. The predicted octanol–water partition coefficient (Wildman–Crippen LogP) is 3.71. The van der Waals surface area contributed by atoms with E-state index in [0.29, 0.717) is 0 Å². The maximum absolute atomic E-state index is 2.47. The van der Waals surface area contributed by atoms with Crippen LogP contribution in [0.1, 0.15) is 6.42 Å². The topological polar surface area (TPSA) is 0 Å². The fourth-order valence-corrected chi connectivity index (χ4v) is 3.84. The Morgan fingerprint density at radius 2 is 1.80 bits per heavy atom. The van der Waals surface area contributed by atoms with Crippen molar-refractivity contribution in [1.82, 2.24) is 0 Å². The predicted molar refractivity (Wildman–Crippen MR) is 45.3 cm³/mol. The average molecular weight is 173 g/mol. The van der Waals surface area contributed by atoms with Crippen molar-refractivity contribution in [2.24, 2.45) is 0 Å². The second-order valence-corrected chi connectivity index (χ2v) is 18.8. The van der Waals surface area contributed by atoms with Crippen molar-refractivity contribution < 1.29 is 15.3 Å². The molecule has 1 rings (SSSR count). The molecule has 1 aliphatic rings. The van der Waals surface area contributed by atoms with Crippen molar-refractivity contribution in [2.45, 2.75) is 27.3 Å². The second kappa shape index (κ2) is 2.09. The van der Waals surface area contributed by atoms with Crippen molar-refractivity contribution >= 4 is 0 Å². The molecule has 0 nitrogen and oxygen atoms in total. The second-order valence-electron chi connectivity index (χ2n) is 5.32. The zero-order valence-corrected chi connectivity index (χ0v) is 9.00. The van der Waals surface area contributed by atoms with Crippen LogP contribution in [-0.4, -0.2) is 0 Å². The number of hydrogen-bond acceptors (Lipinski definition) is 0. The van der Waals surface area contributed by atoms with Crippen molar-refractivity contribution in [2.75, 3.05) is 0 Å². The van der Waals surface area contributed by atoms with E-state index in [1.807, 2.05) is 0 Å². The summed E-state index contributed by atoms with van der Waals surface area (Å²) in [6, 6.07) is 0. The summed E-state index contributed by atoms with van der Waals surface area (Å²) in [7, 11) is 0. The number of hydrogen-bond donors (Lipinski definition) is 0. The van der Waals surface area contributed by atoms with Crippen LogP contribution >= 0.6 is 0 Å². The fourth-order valence-electron chi connectivity index (χ4n) is 1.19. The van der Waals surface area contributed by atoms with Gasteiger partial charge in [-0.25, -0.2) is 0 Å². The Bertz CT molecular complexity index is 191. The van der Waals surface area contributed by atoms with Crippen LogP contribution < -0.4 is 0 Å². The first-order chi connectivity index (χ1) is 4.36. The molecule has 0 heterocycles. The van der Waals surface area contributed by atoms with Gasteiger partial charge < -0.3 is 0 Å². The quantitative estimate of drug-likeness (QED) is 0.530. The first-order valence-corrected chi connectivity index (χ1v) is 11.0. The van der Waals surface area contributed by atoms with Gasteiger partial charge in [0, 0.05) is 0 Å². The Kier molecular flexibility index (Phi) is 1.73. The van der Waals surface area contributed by atoms with E-state index < -0.39 is 15.3 Å². The van der Waals surface area contributed by atoms with Gasteiger partial charge >= 0.3 is 64.7 Å². The van der Waals surface area contributed by atoms with Crippen LogP contribution in [0.4, 0.5) is 0 Å². The minimum absolute atomic E-state index is 1.22. The fraction of sp³-hybridized carbons (Fsp3) is 0.556. The Hall–Kier alpha value is 0.194. The summed E-state index contributed by atoms with van der Waals surface area (Å²) < 4.78 is 1.72. The molecule has 0 aromatic heterocycles.